The number of carbonyl (C=O) groups excluding carboxylic acids is 1. The predicted molar refractivity (Wildman–Crippen MR) is 72.1 cm³/mol. The molecule has 1 unspecified atom stereocenters. The van der Waals surface area contributed by atoms with E-state index in [2.05, 4.69) is 10.2 Å². The normalized spacial score (nSPS) is 21.1. The van der Waals surface area contributed by atoms with E-state index in [1.165, 1.54) is 0 Å². The van der Waals surface area contributed by atoms with Crippen molar-refractivity contribution < 1.29 is 13.2 Å². The smallest absolute Gasteiger partial charge is 0.153 e. The van der Waals surface area contributed by atoms with Gasteiger partial charge in [-0.3, -0.25) is 14.2 Å². The number of rotatable bonds is 3. The Bertz CT molecular complexity index is 760. The minimum absolute atomic E-state index is 0.0812. The summed E-state index contributed by atoms with van der Waals surface area (Å²) in [6, 6.07) is 1.58. The highest BCUT2D eigenvalue weighted by molar-refractivity contribution is 7.91. The highest BCUT2D eigenvalue weighted by atomic mass is 32.2. The predicted octanol–water partition coefficient (Wildman–Crippen LogP) is 0.456. The summed E-state index contributed by atoms with van der Waals surface area (Å²) in [5.41, 5.74) is 1.70. The average Bonchev–Trinajstić information content (AvgIpc) is 3.06. The first-order chi connectivity index (χ1) is 9.50. The number of hydrogen-bond acceptors (Lipinski definition) is 5. The van der Waals surface area contributed by atoms with E-state index in [1.807, 2.05) is 0 Å². The third-order valence-electron chi connectivity index (χ3n) is 3.53. The van der Waals surface area contributed by atoms with Gasteiger partial charge in [0.05, 0.1) is 28.8 Å². The van der Waals surface area contributed by atoms with Gasteiger partial charge < -0.3 is 0 Å². The maximum absolute atomic E-state index is 11.5. The first-order valence-corrected chi connectivity index (χ1v) is 8.05. The number of carbonyl (C=O) groups is 1. The van der Waals surface area contributed by atoms with E-state index in [-0.39, 0.29) is 17.5 Å². The zero-order valence-corrected chi connectivity index (χ0v) is 11.7. The minimum Gasteiger partial charge on any atom is -0.298 e. The summed E-state index contributed by atoms with van der Waals surface area (Å²) in [5, 5.41) is 8.45. The van der Waals surface area contributed by atoms with Crippen LogP contribution in [0.2, 0.25) is 0 Å². The molecule has 106 valence electrons. The Kier molecular flexibility index (Phi) is 2.97. The molecule has 0 amide bonds. The van der Waals surface area contributed by atoms with Gasteiger partial charge in [-0.15, -0.1) is 0 Å². The van der Waals surface area contributed by atoms with Gasteiger partial charge >= 0.3 is 0 Å². The zero-order chi connectivity index (χ0) is 14.3. The lowest BCUT2D eigenvalue weighted by Gasteiger charge is -2.07. The number of nitrogens with zero attached hydrogens (tertiary/aromatic N) is 4. The Morgan fingerprint density at radius 3 is 2.80 bits per heavy atom. The van der Waals surface area contributed by atoms with Gasteiger partial charge in [0, 0.05) is 19.4 Å². The van der Waals surface area contributed by atoms with E-state index < -0.39 is 9.84 Å². The van der Waals surface area contributed by atoms with E-state index in [9.17, 15) is 13.2 Å². The molecule has 1 fully saturated rings. The van der Waals surface area contributed by atoms with Crippen LogP contribution in [0.1, 0.15) is 22.8 Å². The van der Waals surface area contributed by atoms with Gasteiger partial charge in [-0.25, -0.2) is 8.42 Å². The molecule has 0 bridgehead atoms. The summed E-state index contributed by atoms with van der Waals surface area (Å²) >= 11 is 0. The van der Waals surface area contributed by atoms with Crippen LogP contribution < -0.4 is 0 Å². The van der Waals surface area contributed by atoms with Crippen LogP contribution in [0.4, 0.5) is 0 Å². The summed E-state index contributed by atoms with van der Waals surface area (Å²) in [6.45, 7) is 0. The Labute approximate surface area is 116 Å². The SMILES string of the molecule is Cn1nccc1-c1nn(C2CCS(=O)(=O)C2)cc1C=O. The molecule has 0 N–H and O–H groups in total. The van der Waals surface area contributed by atoms with Crippen LogP contribution in [0.5, 0.6) is 0 Å². The Morgan fingerprint density at radius 2 is 2.25 bits per heavy atom. The molecule has 0 radical (unpaired) electrons. The molecule has 1 saturated heterocycles. The van der Waals surface area contributed by atoms with E-state index in [1.54, 1.807) is 34.9 Å². The Balaban J connectivity index is 2.02. The number of aryl methyl sites for hydroxylation is 1. The monoisotopic (exact) mass is 294 g/mol. The fourth-order valence-electron chi connectivity index (χ4n) is 2.47. The summed E-state index contributed by atoms with van der Waals surface area (Å²) in [7, 11) is -1.22. The van der Waals surface area contributed by atoms with Crippen molar-refractivity contribution in [3.63, 3.8) is 0 Å². The lowest BCUT2D eigenvalue weighted by Crippen LogP contribution is -2.11. The highest BCUT2D eigenvalue weighted by Gasteiger charge is 2.30. The van der Waals surface area contributed by atoms with Crippen LogP contribution in [0.15, 0.2) is 18.5 Å². The first-order valence-electron chi connectivity index (χ1n) is 6.23. The molecule has 8 heteroatoms. The van der Waals surface area contributed by atoms with Crippen molar-refractivity contribution >= 4 is 16.1 Å². The second-order valence-corrected chi connectivity index (χ2v) is 7.16. The number of aromatic nitrogens is 4. The highest BCUT2D eigenvalue weighted by Crippen LogP contribution is 2.27. The molecule has 1 aliphatic heterocycles. The summed E-state index contributed by atoms with van der Waals surface area (Å²) in [6.07, 6.45) is 4.51. The van der Waals surface area contributed by atoms with Crippen LogP contribution in [-0.2, 0) is 16.9 Å². The van der Waals surface area contributed by atoms with E-state index >= 15 is 0 Å². The van der Waals surface area contributed by atoms with E-state index in [0.717, 1.165) is 12.0 Å². The van der Waals surface area contributed by atoms with Gasteiger partial charge in [0.2, 0.25) is 0 Å². The molecule has 2 aromatic heterocycles. The van der Waals surface area contributed by atoms with Crippen LogP contribution in [0.3, 0.4) is 0 Å². The Morgan fingerprint density at radius 1 is 1.45 bits per heavy atom. The van der Waals surface area contributed by atoms with Gasteiger partial charge in [-0.05, 0) is 12.5 Å². The van der Waals surface area contributed by atoms with Crippen LogP contribution in [0.25, 0.3) is 11.4 Å². The average molecular weight is 294 g/mol. The second-order valence-electron chi connectivity index (χ2n) is 4.93. The third-order valence-corrected chi connectivity index (χ3v) is 5.28. The lowest BCUT2D eigenvalue weighted by molar-refractivity contribution is 0.112. The van der Waals surface area contributed by atoms with Crippen molar-refractivity contribution in [2.24, 2.45) is 7.05 Å². The van der Waals surface area contributed by atoms with E-state index in [0.29, 0.717) is 17.7 Å². The fraction of sp³-hybridized carbons (Fsp3) is 0.417. The molecule has 3 rings (SSSR count). The van der Waals surface area contributed by atoms with Crippen molar-refractivity contribution in [2.45, 2.75) is 12.5 Å². The second kappa shape index (κ2) is 4.55. The zero-order valence-electron chi connectivity index (χ0n) is 10.9. The molecular formula is C12H14N4O3S. The minimum atomic E-state index is -2.98. The largest absolute Gasteiger partial charge is 0.298 e. The standard InChI is InChI=1S/C12H14N4O3S/c1-15-11(2-4-13-15)12-9(7-17)6-16(14-12)10-3-5-20(18,19)8-10/h2,4,6-7,10H,3,5,8H2,1H3. The summed E-state index contributed by atoms with van der Waals surface area (Å²) < 4.78 is 26.3. The van der Waals surface area contributed by atoms with Crippen LogP contribution >= 0.6 is 0 Å². The molecule has 7 nitrogen and oxygen atoms in total. The fourth-order valence-corrected chi connectivity index (χ4v) is 4.17. The molecule has 20 heavy (non-hydrogen) atoms. The topological polar surface area (TPSA) is 86.8 Å². The molecule has 0 aliphatic carbocycles. The summed E-state index contributed by atoms with van der Waals surface area (Å²) in [4.78, 5) is 11.2. The Hall–Kier alpha value is -1.96. The van der Waals surface area contributed by atoms with Crippen molar-refractivity contribution in [3.05, 3.63) is 24.0 Å². The molecule has 0 aromatic carbocycles. The molecule has 0 spiro atoms. The molecule has 0 saturated carbocycles. The maximum Gasteiger partial charge on any atom is 0.153 e. The molecule has 3 heterocycles. The number of aldehydes is 1. The lowest BCUT2D eigenvalue weighted by atomic mass is 10.2. The van der Waals surface area contributed by atoms with Crippen molar-refractivity contribution in [3.8, 4) is 11.4 Å². The number of hydrogen-bond donors (Lipinski definition) is 0. The van der Waals surface area contributed by atoms with Gasteiger partial charge in [0.1, 0.15) is 5.69 Å². The van der Waals surface area contributed by atoms with Crippen molar-refractivity contribution in [1.29, 1.82) is 0 Å². The van der Waals surface area contributed by atoms with Gasteiger partial charge in [0.15, 0.2) is 16.1 Å². The van der Waals surface area contributed by atoms with Crippen LogP contribution in [-0.4, -0.2) is 45.8 Å². The summed E-state index contributed by atoms with van der Waals surface area (Å²) in [5.74, 6) is 0.257. The number of sulfone groups is 1. The van der Waals surface area contributed by atoms with Crippen LogP contribution in [0, 0.1) is 0 Å². The van der Waals surface area contributed by atoms with E-state index in [4.69, 9.17) is 0 Å². The quantitative estimate of drug-likeness (QED) is 0.767. The van der Waals surface area contributed by atoms with Crippen molar-refractivity contribution in [1.82, 2.24) is 19.6 Å². The third kappa shape index (κ3) is 2.15. The first kappa shape index (κ1) is 13.0. The van der Waals surface area contributed by atoms with Gasteiger partial charge in [-0.2, -0.15) is 10.2 Å². The van der Waals surface area contributed by atoms with Gasteiger partial charge in [0.25, 0.3) is 0 Å². The molecule has 2 aromatic rings. The van der Waals surface area contributed by atoms with Crippen molar-refractivity contribution in [2.75, 3.05) is 11.5 Å². The molecule has 1 atom stereocenters. The maximum atomic E-state index is 11.5. The van der Waals surface area contributed by atoms with Gasteiger partial charge in [-0.1, -0.05) is 0 Å². The molecular weight excluding hydrogens is 280 g/mol. The molecule has 1 aliphatic rings.